The van der Waals surface area contributed by atoms with Crippen molar-refractivity contribution >= 4 is 34.7 Å². The van der Waals surface area contributed by atoms with Crippen molar-refractivity contribution in [2.45, 2.75) is 23.9 Å². The fourth-order valence-electron chi connectivity index (χ4n) is 1.75. The molecule has 0 saturated heterocycles. The number of aromatic nitrogens is 1. The number of rotatable bonds is 4. The van der Waals surface area contributed by atoms with Gasteiger partial charge in [-0.25, -0.2) is 4.98 Å². The minimum absolute atomic E-state index is 0.158. The van der Waals surface area contributed by atoms with Gasteiger partial charge in [0.25, 0.3) is 0 Å². The first-order valence-electron chi connectivity index (χ1n) is 6.27. The van der Waals surface area contributed by atoms with E-state index < -0.39 is 11.7 Å². The summed E-state index contributed by atoms with van der Waals surface area (Å²) >= 11 is 2.95. The first-order chi connectivity index (χ1) is 10.3. The van der Waals surface area contributed by atoms with E-state index in [2.05, 4.69) is 10.3 Å². The van der Waals surface area contributed by atoms with Crippen LogP contribution in [-0.4, -0.2) is 17.1 Å². The number of hydrogen-bond acceptors (Lipinski definition) is 4. The summed E-state index contributed by atoms with van der Waals surface area (Å²) in [4.78, 5) is 17.1. The molecule has 1 aromatic carbocycles. The number of nitrogens with one attached hydrogen (secondary N) is 1. The summed E-state index contributed by atoms with van der Waals surface area (Å²) < 4.78 is 38.2. The zero-order valence-corrected chi connectivity index (χ0v) is 13.5. The van der Waals surface area contributed by atoms with Crippen LogP contribution in [-0.2, 0) is 17.4 Å². The number of carbonyl (C=O) groups excluding carboxylic acids is 1. The van der Waals surface area contributed by atoms with Gasteiger partial charge >= 0.3 is 6.18 Å². The Hall–Kier alpha value is -1.54. The first-order valence-corrected chi connectivity index (χ1v) is 8.31. The maximum absolute atomic E-state index is 12.5. The second-order valence-electron chi connectivity index (χ2n) is 4.49. The molecule has 1 aromatic heterocycles. The van der Waals surface area contributed by atoms with Crippen LogP contribution in [0.3, 0.4) is 0 Å². The van der Waals surface area contributed by atoms with Crippen LogP contribution in [0.4, 0.5) is 18.9 Å². The molecule has 0 spiro atoms. The normalized spacial score (nSPS) is 11.5. The molecule has 8 heteroatoms. The average molecular weight is 346 g/mol. The lowest BCUT2D eigenvalue weighted by Gasteiger charge is -2.08. The van der Waals surface area contributed by atoms with Crippen molar-refractivity contribution in [1.29, 1.82) is 0 Å². The van der Waals surface area contributed by atoms with Crippen molar-refractivity contribution in [2.24, 2.45) is 0 Å². The number of thiazole rings is 1. The Kier molecular flexibility index (Phi) is 5.12. The summed E-state index contributed by atoms with van der Waals surface area (Å²) in [6.45, 7) is 1.83. The molecule has 1 heterocycles. The lowest BCUT2D eigenvalue weighted by Crippen LogP contribution is -2.14. The molecule has 1 amide bonds. The number of anilines is 1. The molecule has 0 aliphatic carbocycles. The van der Waals surface area contributed by atoms with Crippen molar-refractivity contribution in [3.8, 4) is 0 Å². The van der Waals surface area contributed by atoms with Crippen molar-refractivity contribution in [3.63, 3.8) is 0 Å². The molecule has 118 valence electrons. The van der Waals surface area contributed by atoms with Gasteiger partial charge < -0.3 is 5.32 Å². The average Bonchev–Trinajstić information content (AvgIpc) is 2.79. The van der Waals surface area contributed by atoms with Crippen LogP contribution in [0.25, 0.3) is 0 Å². The van der Waals surface area contributed by atoms with Gasteiger partial charge in [0.1, 0.15) is 4.34 Å². The number of carbonyl (C=O) groups is 1. The highest BCUT2D eigenvalue weighted by Gasteiger charge is 2.29. The molecule has 0 aliphatic rings. The summed E-state index contributed by atoms with van der Waals surface area (Å²) in [5.41, 5.74) is 0.399. The van der Waals surface area contributed by atoms with Crippen LogP contribution in [0.2, 0.25) is 0 Å². The number of aryl methyl sites for hydroxylation is 1. The Balaban J connectivity index is 2.01. The van der Waals surface area contributed by atoms with Crippen molar-refractivity contribution in [1.82, 2.24) is 4.98 Å². The zero-order chi connectivity index (χ0) is 16.3. The van der Waals surface area contributed by atoms with Gasteiger partial charge in [-0.2, -0.15) is 13.2 Å². The molecule has 3 nitrogen and oxygen atoms in total. The van der Waals surface area contributed by atoms with Gasteiger partial charge in [-0.1, -0.05) is 11.8 Å². The van der Waals surface area contributed by atoms with Gasteiger partial charge in [-0.3, -0.25) is 4.79 Å². The van der Waals surface area contributed by atoms with E-state index in [1.54, 1.807) is 0 Å². The van der Waals surface area contributed by atoms with Gasteiger partial charge in [0, 0.05) is 10.6 Å². The second-order valence-corrected chi connectivity index (χ2v) is 6.63. The quantitative estimate of drug-likeness (QED) is 0.836. The van der Waals surface area contributed by atoms with E-state index in [9.17, 15) is 18.0 Å². The number of amides is 1. The van der Waals surface area contributed by atoms with Gasteiger partial charge in [0.15, 0.2) is 0 Å². The lowest BCUT2D eigenvalue weighted by atomic mass is 10.2. The molecule has 0 unspecified atom stereocenters. The topological polar surface area (TPSA) is 42.0 Å². The van der Waals surface area contributed by atoms with Crippen molar-refractivity contribution < 1.29 is 18.0 Å². The van der Waals surface area contributed by atoms with Crippen LogP contribution in [0.5, 0.6) is 0 Å². The van der Waals surface area contributed by atoms with Crippen LogP contribution in [0.15, 0.2) is 28.6 Å². The van der Waals surface area contributed by atoms with E-state index in [1.807, 2.05) is 13.2 Å². The van der Waals surface area contributed by atoms with Crippen molar-refractivity contribution in [3.05, 3.63) is 40.4 Å². The minimum Gasteiger partial charge on any atom is -0.326 e. The molecular weight excluding hydrogens is 333 g/mol. The van der Waals surface area contributed by atoms with E-state index in [4.69, 9.17) is 0 Å². The Morgan fingerprint density at radius 2 is 1.95 bits per heavy atom. The standard InChI is InChI=1S/C14H13F3N2OS2/c1-8-11(22-13(18-8)21-2)7-12(20)19-10-5-3-9(4-6-10)14(15,16)17/h3-6H,7H2,1-2H3,(H,19,20). The summed E-state index contributed by atoms with van der Waals surface area (Å²) in [6, 6.07) is 4.37. The van der Waals surface area contributed by atoms with Crippen LogP contribution in [0.1, 0.15) is 16.1 Å². The van der Waals surface area contributed by atoms with Gasteiger partial charge in [0.05, 0.1) is 17.7 Å². The molecule has 0 bridgehead atoms. The maximum Gasteiger partial charge on any atom is 0.416 e. The van der Waals surface area contributed by atoms with E-state index in [1.165, 1.54) is 35.2 Å². The third-order valence-electron chi connectivity index (χ3n) is 2.86. The summed E-state index contributed by atoms with van der Waals surface area (Å²) in [5, 5.41) is 2.59. The highest BCUT2D eigenvalue weighted by molar-refractivity contribution is 8.00. The summed E-state index contributed by atoms with van der Waals surface area (Å²) in [6.07, 6.45) is -2.31. The van der Waals surface area contributed by atoms with E-state index >= 15 is 0 Å². The second kappa shape index (κ2) is 6.70. The number of alkyl halides is 3. The molecule has 2 rings (SSSR count). The Morgan fingerprint density at radius 1 is 1.32 bits per heavy atom. The number of benzene rings is 1. The van der Waals surface area contributed by atoms with E-state index in [-0.39, 0.29) is 12.3 Å². The zero-order valence-electron chi connectivity index (χ0n) is 11.8. The van der Waals surface area contributed by atoms with Crippen LogP contribution < -0.4 is 5.32 Å². The highest BCUT2D eigenvalue weighted by atomic mass is 32.2. The van der Waals surface area contributed by atoms with Crippen LogP contribution >= 0.6 is 23.1 Å². The monoisotopic (exact) mass is 346 g/mol. The number of nitrogens with zero attached hydrogens (tertiary/aromatic N) is 1. The molecule has 0 aliphatic heterocycles. The predicted molar refractivity (Wildman–Crippen MR) is 82.4 cm³/mol. The number of thioether (sulfide) groups is 1. The molecule has 0 atom stereocenters. The van der Waals surface area contributed by atoms with E-state index in [0.29, 0.717) is 5.69 Å². The SMILES string of the molecule is CSc1nc(C)c(CC(=O)Nc2ccc(C(F)(F)F)cc2)s1. The molecule has 0 radical (unpaired) electrons. The number of hydrogen-bond donors (Lipinski definition) is 1. The predicted octanol–water partition coefficient (Wildman–Crippen LogP) is 4.37. The smallest absolute Gasteiger partial charge is 0.326 e. The van der Waals surface area contributed by atoms with E-state index in [0.717, 1.165) is 27.0 Å². The van der Waals surface area contributed by atoms with Crippen molar-refractivity contribution in [2.75, 3.05) is 11.6 Å². The highest BCUT2D eigenvalue weighted by Crippen LogP contribution is 2.30. The molecule has 2 aromatic rings. The number of halogens is 3. The third-order valence-corrected chi connectivity index (χ3v) is 5.01. The molecule has 1 N–H and O–H groups in total. The molecule has 0 fully saturated rings. The third kappa shape index (κ3) is 4.23. The Morgan fingerprint density at radius 3 is 2.45 bits per heavy atom. The molecule has 22 heavy (non-hydrogen) atoms. The van der Waals surface area contributed by atoms with Gasteiger partial charge in [-0.05, 0) is 37.4 Å². The maximum atomic E-state index is 12.5. The fraction of sp³-hybridized carbons (Fsp3) is 0.286. The van der Waals surface area contributed by atoms with Gasteiger partial charge in [0.2, 0.25) is 5.91 Å². The fourth-order valence-corrected chi connectivity index (χ4v) is 3.40. The van der Waals surface area contributed by atoms with Gasteiger partial charge in [-0.15, -0.1) is 11.3 Å². The summed E-state index contributed by atoms with van der Waals surface area (Å²) in [5.74, 6) is -0.279. The summed E-state index contributed by atoms with van der Waals surface area (Å²) in [7, 11) is 0. The Labute approximate surface area is 134 Å². The first kappa shape index (κ1) is 16.8. The van der Waals surface area contributed by atoms with Crippen LogP contribution in [0, 0.1) is 6.92 Å². The Bertz CT molecular complexity index is 666. The minimum atomic E-state index is -4.38. The lowest BCUT2D eigenvalue weighted by molar-refractivity contribution is -0.137. The molecular formula is C14H13F3N2OS2. The largest absolute Gasteiger partial charge is 0.416 e. The molecule has 0 saturated carbocycles.